The Hall–Kier alpha value is -2.83. The van der Waals surface area contributed by atoms with Gasteiger partial charge in [-0.25, -0.2) is 10.2 Å². The zero-order valence-corrected chi connectivity index (χ0v) is 16.5. The maximum Gasteiger partial charge on any atom is 0.339 e. The van der Waals surface area contributed by atoms with Crippen LogP contribution in [0.5, 0.6) is 0 Å². The van der Waals surface area contributed by atoms with Gasteiger partial charge in [0.15, 0.2) is 0 Å². The minimum Gasteiger partial charge on any atom is -0.398 e. The Balaban J connectivity index is 1.95. The van der Waals surface area contributed by atoms with Crippen LogP contribution in [0.25, 0.3) is 0 Å². The summed E-state index contributed by atoms with van der Waals surface area (Å²) in [5, 5.41) is 7.50. The third kappa shape index (κ3) is 4.87. The van der Waals surface area contributed by atoms with E-state index in [0.29, 0.717) is 33.2 Å². The topological polar surface area (TPSA) is 79.5 Å². The molecule has 27 heavy (non-hydrogen) atoms. The second-order valence-electron chi connectivity index (χ2n) is 5.60. The summed E-state index contributed by atoms with van der Waals surface area (Å²) in [6.07, 6.45) is 0. The van der Waals surface area contributed by atoms with Crippen LogP contribution in [0.3, 0.4) is 0 Å². The van der Waals surface area contributed by atoms with Crippen molar-refractivity contribution in [1.29, 1.82) is 0 Å². The van der Waals surface area contributed by atoms with E-state index in [4.69, 9.17) is 17.3 Å². The van der Waals surface area contributed by atoms with Crippen molar-refractivity contribution in [2.75, 3.05) is 11.1 Å². The summed E-state index contributed by atoms with van der Waals surface area (Å²) in [6.45, 7) is 0. The number of amides is 2. The van der Waals surface area contributed by atoms with E-state index in [0.717, 1.165) is 4.47 Å². The highest BCUT2D eigenvalue weighted by atomic mass is 79.9. The summed E-state index contributed by atoms with van der Waals surface area (Å²) < 4.78 is 0.834. The monoisotopic (exact) mass is 442 g/mol. The molecule has 5 nitrogen and oxygen atoms in total. The van der Waals surface area contributed by atoms with Crippen LogP contribution in [0.4, 0.5) is 16.2 Å². The summed E-state index contributed by atoms with van der Waals surface area (Å²) in [6, 6.07) is 21.3. The number of urea groups is 1. The zero-order valence-electron chi connectivity index (χ0n) is 14.1. The van der Waals surface area contributed by atoms with Gasteiger partial charge in [0.25, 0.3) is 0 Å². The molecule has 0 saturated heterocycles. The number of nitrogens with one attached hydrogen (secondary N) is 2. The van der Waals surface area contributed by atoms with Gasteiger partial charge in [-0.05, 0) is 36.4 Å². The fourth-order valence-electron chi connectivity index (χ4n) is 2.44. The van der Waals surface area contributed by atoms with Gasteiger partial charge in [0, 0.05) is 27.0 Å². The first-order valence-electron chi connectivity index (χ1n) is 8.04. The van der Waals surface area contributed by atoms with Gasteiger partial charge in [-0.1, -0.05) is 63.9 Å². The summed E-state index contributed by atoms with van der Waals surface area (Å²) in [7, 11) is 0. The Labute approximate surface area is 170 Å². The van der Waals surface area contributed by atoms with E-state index >= 15 is 0 Å². The minimum atomic E-state index is -0.473. The van der Waals surface area contributed by atoms with Crippen LogP contribution in [-0.4, -0.2) is 11.7 Å². The number of hydrogen-bond donors (Lipinski definition) is 3. The molecule has 3 rings (SSSR count). The summed E-state index contributed by atoms with van der Waals surface area (Å²) in [5.41, 5.74) is 11.6. The first kappa shape index (κ1) is 18.9. The molecule has 0 aliphatic heterocycles. The standard InChI is InChI=1S/C20H16BrClN4O/c21-13-10-11-18(23)16(12-13)19(15-8-4-5-9-17(15)22)25-26-20(27)24-14-6-2-1-3-7-14/h1-12H,23H2,(H2,24,26,27)/b25-19+. The molecule has 0 saturated carbocycles. The highest BCUT2D eigenvalue weighted by Crippen LogP contribution is 2.25. The zero-order chi connectivity index (χ0) is 19.2. The first-order valence-corrected chi connectivity index (χ1v) is 9.22. The third-order valence-electron chi connectivity index (χ3n) is 3.70. The molecule has 7 heteroatoms. The smallest absolute Gasteiger partial charge is 0.339 e. The van der Waals surface area contributed by atoms with Crippen LogP contribution >= 0.6 is 27.5 Å². The number of carbonyl (C=O) groups excluding carboxylic acids is 1. The predicted octanol–water partition coefficient (Wildman–Crippen LogP) is 5.26. The molecule has 0 aliphatic rings. The number of hydrogen-bond acceptors (Lipinski definition) is 3. The van der Waals surface area contributed by atoms with Crippen molar-refractivity contribution in [3.8, 4) is 0 Å². The minimum absolute atomic E-state index is 0.461. The van der Waals surface area contributed by atoms with Crippen LogP contribution in [0.15, 0.2) is 82.4 Å². The summed E-state index contributed by atoms with van der Waals surface area (Å²) in [4.78, 5) is 12.2. The quantitative estimate of drug-likeness (QED) is 0.292. The van der Waals surface area contributed by atoms with E-state index in [1.807, 2.05) is 48.5 Å². The van der Waals surface area contributed by atoms with E-state index in [1.54, 1.807) is 24.3 Å². The number of benzene rings is 3. The molecule has 0 radical (unpaired) electrons. The lowest BCUT2D eigenvalue weighted by molar-refractivity contribution is 0.252. The average molecular weight is 444 g/mol. The van der Waals surface area contributed by atoms with Crippen molar-refractivity contribution < 1.29 is 4.79 Å². The number of para-hydroxylation sites is 1. The van der Waals surface area contributed by atoms with Crippen LogP contribution in [-0.2, 0) is 0 Å². The lowest BCUT2D eigenvalue weighted by Gasteiger charge is -2.12. The van der Waals surface area contributed by atoms with Gasteiger partial charge in [-0.3, -0.25) is 0 Å². The van der Waals surface area contributed by atoms with E-state index in [1.165, 1.54) is 0 Å². The molecule has 136 valence electrons. The number of nitrogens with two attached hydrogens (primary N) is 1. The number of hydrazone groups is 1. The molecule has 0 aromatic heterocycles. The number of carbonyl (C=O) groups is 1. The van der Waals surface area contributed by atoms with Gasteiger partial charge in [0.05, 0.1) is 5.02 Å². The Bertz CT molecular complexity index is 992. The van der Waals surface area contributed by atoms with Gasteiger partial charge < -0.3 is 11.1 Å². The highest BCUT2D eigenvalue weighted by molar-refractivity contribution is 9.10. The Kier molecular flexibility index (Phi) is 6.11. The third-order valence-corrected chi connectivity index (χ3v) is 4.52. The van der Waals surface area contributed by atoms with Crippen LogP contribution < -0.4 is 16.5 Å². The lowest BCUT2D eigenvalue weighted by Crippen LogP contribution is -2.26. The Morgan fingerprint density at radius 3 is 2.41 bits per heavy atom. The Morgan fingerprint density at radius 2 is 1.67 bits per heavy atom. The molecular formula is C20H16BrClN4O. The number of anilines is 2. The second kappa shape index (κ2) is 8.70. The first-order chi connectivity index (χ1) is 13.0. The largest absolute Gasteiger partial charge is 0.398 e. The molecule has 2 amide bonds. The van der Waals surface area contributed by atoms with E-state index in [-0.39, 0.29) is 0 Å². The number of nitrogen functional groups attached to an aromatic ring is 1. The summed E-state index contributed by atoms with van der Waals surface area (Å²) in [5.74, 6) is 0. The van der Waals surface area contributed by atoms with Gasteiger partial charge in [-0.2, -0.15) is 5.10 Å². The van der Waals surface area contributed by atoms with E-state index < -0.39 is 6.03 Å². The van der Waals surface area contributed by atoms with Crippen LogP contribution in [0.2, 0.25) is 5.02 Å². The fourth-order valence-corrected chi connectivity index (χ4v) is 3.03. The molecule has 3 aromatic rings. The van der Waals surface area contributed by atoms with Gasteiger partial charge in [-0.15, -0.1) is 0 Å². The summed E-state index contributed by atoms with van der Waals surface area (Å²) >= 11 is 9.78. The van der Waals surface area contributed by atoms with Gasteiger partial charge in [0.2, 0.25) is 0 Å². The van der Waals surface area contributed by atoms with Crippen molar-refractivity contribution in [2.24, 2.45) is 5.10 Å². The number of halogens is 2. The maximum absolute atomic E-state index is 12.2. The molecule has 4 N–H and O–H groups in total. The normalized spacial score (nSPS) is 11.1. The van der Waals surface area contributed by atoms with Gasteiger partial charge in [0.1, 0.15) is 5.71 Å². The molecular weight excluding hydrogens is 428 g/mol. The molecule has 0 aliphatic carbocycles. The SMILES string of the molecule is Nc1ccc(Br)cc1/C(=N/NC(=O)Nc1ccccc1)c1ccccc1Cl. The molecule has 0 bridgehead atoms. The number of rotatable bonds is 4. The predicted molar refractivity (Wildman–Crippen MR) is 114 cm³/mol. The molecule has 0 spiro atoms. The van der Waals surface area contributed by atoms with Crippen molar-refractivity contribution in [3.05, 3.63) is 93.4 Å². The highest BCUT2D eigenvalue weighted by Gasteiger charge is 2.15. The van der Waals surface area contributed by atoms with Crippen molar-refractivity contribution >= 4 is 50.6 Å². The number of nitrogens with zero attached hydrogens (tertiary/aromatic N) is 1. The van der Waals surface area contributed by atoms with Crippen molar-refractivity contribution in [1.82, 2.24) is 5.43 Å². The van der Waals surface area contributed by atoms with E-state index in [9.17, 15) is 4.79 Å². The molecule has 3 aromatic carbocycles. The molecule has 0 atom stereocenters. The van der Waals surface area contributed by atoms with E-state index in [2.05, 4.69) is 31.8 Å². The lowest BCUT2D eigenvalue weighted by atomic mass is 10.0. The molecule has 0 heterocycles. The van der Waals surface area contributed by atoms with Gasteiger partial charge >= 0.3 is 6.03 Å². The maximum atomic E-state index is 12.2. The Morgan fingerprint density at radius 1 is 0.963 bits per heavy atom. The van der Waals surface area contributed by atoms with Crippen LogP contribution in [0.1, 0.15) is 11.1 Å². The molecule has 0 unspecified atom stereocenters. The fraction of sp³-hybridized carbons (Fsp3) is 0. The second-order valence-corrected chi connectivity index (χ2v) is 6.93. The molecule has 0 fully saturated rings. The van der Waals surface area contributed by atoms with Crippen molar-refractivity contribution in [2.45, 2.75) is 0 Å². The van der Waals surface area contributed by atoms with Crippen LogP contribution in [0, 0.1) is 0 Å². The van der Waals surface area contributed by atoms with Crippen molar-refractivity contribution in [3.63, 3.8) is 0 Å². The average Bonchev–Trinajstić information content (AvgIpc) is 2.66.